The number of halogens is 1. The topological polar surface area (TPSA) is 60.4 Å². The van der Waals surface area contributed by atoms with Crippen molar-refractivity contribution in [3.8, 4) is 33.6 Å². The van der Waals surface area contributed by atoms with Crippen LogP contribution in [0.3, 0.4) is 0 Å². The predicted octanol–water partition coefficient (Wildman–Crippen LogP) is 6.59. The maximum atomic E-state index is 13.6. The molecule has 3 heterocycles. The van der Waals surface area contributed by atoms with Crippen molar-refractivity contribution in [2.45, 2.75) is 13.8 Å². The Hall–Kier alpha value is -4.58. The number of fused-ring (bicyclic) bond motifs is 2. The van der Waals surface area contributed by atoms with Crippen molar-refractivity contribution >= 4 is 16.6 Å². The Morgan fingerprint density at radius 1 is 0.771 bits per heavy atom. The molecule has 170 valence electrons. The molecule has 5 nitrogen and oxygen atoms in total. The van der Waals surface area contributed by atoms with Crippen molar-refractivity contribution in [2.24, 2.45) is 0 Å². The second-order valence-electron chi connectivity index (χ2n) is 8.66. The Kier molecular flexibility index (Phi) is 4.81. The van der Waals surface area contributed by atoms with Crippen LogP contribution in [0.1, 0.15) is 11.1 Å². The summed E-state index contributed by atoms with van der Waals surface area (Å²) in [7, 11) is 0. The minimum atomic E-state index is -0.501. The highest BCUT2D eigenvalue weighted by atomic mass is 19.1. The minimum Gasteiger partial charge on any atom is -0.422 e. The third-order valence-electron chi connectivity index (χ3n) is 6.12. The molecule has 3 aromatic carbocycles. The van der Waals surface area contributed by atoms with Gasteiger partial charge in [0.1, 0.15) is 11.4 Å². The van der Waals surface area contributed by atoms with Gasteiger partial charge in [-0.05, 0) is 49.7 Å². The fourth-order valence-corrected chi connectivity index (χ4v) is 4.34. The van der Waals surface area contributed by atoms with Crippen molar-refractivity contribution in [3.05, 3.63) is 112 Å². The average molecular weight is 461 g/mol. The zero-order chi connectivity index (χ0) is 24.1. The van der Waals surface area contributed by atoms with Crippen LogP contribution in [-0.2, 0) is 0 Å². The number of hydrogen-bond acceptors (Lipinski definition) is 4. The van der Waals surface area contributed by atoms with Crippen LogP contribution in [0.25, 0.3) is 50.3 Å². The van der Waals surface area contributed by atoms with Gasteiger partial charge in [-0.2, -0.15) is 5.10 Å². The van der Waals surface area contributed by atoms with Crippen LogP contribution in [0.15, 0.2) is 94.3 Å². The number of nitrogens with zero attached hydrogens (tertiary/aromatic N) is 3. The van der Waals surface area contributed by atoms with E-state index in [1.165, 1.54) is 17.7 Å². The maximum absolute atomic E-state index is 13.6. The van der Waals surface area contributed by atoms with Gasteiger partial charge in [0.15, 0.2) is 5.65 Å². The molecular formula is C29H20FN3O2. The summed E-state index contributed by atoms with van der Waals surface area (Å²) >= 11 is 0. The molecule has 6 rings (SSSR count). The van der Waals surface area contributed by atoms with E-state index < -0.39 is 5.63 Å². The monoisotopic (exact) mass is 461 g/mol. The molecule has 0 saturated carbocycles. The van der Waals surface area contributed by atoms with Crippen LogP contribution in [0.4, 0.5) is 4.39 Å². The van der Waals surface area contributed by atoms with Crippen LogP contribution in [0.2, 0.25) is 0 Å². The SMILES string of the molecule is Cc1ccc(-c2cc3nc(-c4c(-c5ccc(F)cc5)c(=O)oc5ccc(C)cc45)ccn3n2)cc1. The molecule has 0 N–H and O–H groups in total. The molecule has 0 bridgehead atoms. The highest BCUT2D eigenvalue weighted by Gasteiger charge is 2.20. The fourth-order valence-electron chi connectivity index (χ4n) is 4.34. The van der Waals surface area contributed by atoms with Gasteiger partial charge in [-0.3, -0.25) is 0 Å². The standard InChI is InChI=1S/C29H20FN3O2/c1-17-3-6-19(7-4-17)24-16-26-31-23(13-14-33(26)32-24)28-22-15-18(2)5-12-25(22)35-29(34)27(28)20-8-10-21(30)11-9-20/h3-16H,1-2H3. The summed E-state index contributed by atoms with van der Waals surface area (Å²) in [4.78, 5) is 18.1. The fraction of sp³-hybridized carbons (Fsp3) is 0.0690. The number of aryl methyl sites for hydroxylation is 2. The lowest BCUT2D eigenvalue weighted by atomic mass is 9.95. The normalized spacial score (nSPS) is 11.4. The van der Waals surface area contributed by atoms with Crippen molar-refractivity contribution in [2.75, 3.05) is 0 Å². The number of hydrogen-bond donors (Lipinski definition) is 0. The molecule has 0 atom stereocenters. The van der Waals surface area contributed by atoms with E-state index in [9.17, 15) is 9.18 Å². The lowest BCUT2D eigenvalue weighted by Gasteiger charge is -2.12. The van der Waals surface area contributed by atoms with Gasteiger partial charge >= 0.3 is 5.63 Å². The van der Waals surface area contributed by atoms with Crippen molar-refractivity contribution < 1.29 is 8.81 Å². The first-order valence-corrected chi connectivity index (χ1v) is 11.2. The van der Waals surface area contributed by atoms with E-state index in [1.54, 1.807) is 22.7 Å². The third kappa shape index (κ3) is 3.69. The van der Waals surface area contributed by atoms with Gasteiger partial charge in [0.2, 0.25) is 0 Å². The first-order valence-electron chi connectivity index (χ1n) is 11.2. The molecule has 35 heavy (non-hydrogen) atoms. The summed E-state index contributed by atoms with van der Waals surface area (Å²) in [5.74, 6) is -0.376. The summed E-state index contributed by atoms with van der Waals surface area (Å²) in [6, 6.07) is 23.4. The van der Waals surface area contributed by atoms with Crippen LogP contribution < -0.4 is 5.63 Å². The molecule has 0 radical (unpaired) electrons. The molecule has 6 heteroatoms. The molecule has 0 amide bonds. The zero-order valence-electron chi connectivity index (χ0n) is 19.1. The Bertz CT molecular complexity index is 1780. The summed E-state index contributed by atoms with van der Waals surface area (Å²) < 4.78 is 21.0. The molecule has 6 aromatic rings. The van der Waals surface area contributed by atoms with Crippen LogP contribution >= 0.6 is 0 Å². The van der Waals surface area contributed by atoms with E-state index in [1.807, 2.05) is 68.6 Å². The predicted molar refractivity (Wildman–Crippen MR) is 135 cm³/mol. The summed E-state index contributed by atoms with van der Waals surface area (Å²) in [5, 5.41) is 5.43. The first kappa shape index (κ1) is 21.0. The Labute approximate surface area is 200 Å². The molecule has 0 fully saturated rings. The lowest BCUT2D eigenvalue weighted by molar-refractivity contribution is 0.563. The van der Waals surface area contributed by atoms with Gasteiger partial charge in [0, 0.05) is 28.8 Å². The Balaban J connectivity index is 1.61. The number of aromatic nitrogens is 3. The quantitative estimate of drug-likeness (QED) is 0.279. The van der Waals surface area contributed by atoms with Gasteiger partial charge < -0.3 is 4.42 Å². The van der Waals surface area contributed by atoms with E-state index in [4.69, 9.17) is 9.40 Å². The first-order chi connectivity index (χ1) is 17.0. The molecule has 0 spiro atoms. The molecule has 0 aliphatic heterocycles. The molecule has 0 aliphatic rings. The van der Waals surface area contributed by atoms with E-state index in [-0.39, 0.29) is 5.82 Å². The second kappa shape index (κ2) is 8.02. The number of rotatable bonds is 3. The minimum absolute atomic E-state index is 0.346. The highest BCUT2D eigenvalue weighted by Crippen LogP contribution is 2.36. The van der Waals surface area contributed by atoms with Gasteiger partial charge in [0.05, 0.1) is 17.0 Å². The van der Waals surface area contributed by atoms with Crippen molar-refractivity contribution in [1.82, 2.24) is 14.6 Å². The Morgan fingerprint density at radius 2 is 1.49 bits per heavy atom. The zero-order valence-corrected chi connectivity index (χ0v) is 19.1. The molecule has 0 unspecified atom stereocenters. The van der Waals surface area contributed by atoms with Crippen LogP contribution in [0, 0.1) is 19.7 Å². The van der Waals surface area contributed by atoms with E-state index >= 15 is 0 Å². The molecular weight excluding hydrogens is 441 g/mol. The summed E-state index contributed by atoms with van der Waals surface area (Å²) in [6.07, 6.45) is 1.83. The number of benzene rings is 3. The van der Waals surface area contributed by atoms with Gasteiger partial charge in [0.25, 0.3) is 0 Å². The highest BCUT2D eigenvalue weighted by molar-refractivity contribution is 6.00. The van der Waals surface area contributed by atoms with Crippen LogP contribution in [-0.4, -0.2) is 14.6 Å². The maximum Gasteiger partial charge on any atom is 0.344 e. The second-order valence-corrected chi connectivity index (χ2v) is 8.66. The Morgan fingerprint density at radius 3 is 2.26 bits per heavy atom. The molecule has 0 saturated heterocycles. The smallest absolute Gasteiger partial charge is 0.344 e. The summed E-state index contributed by atoms with van der Waals surface area (Å²) in [6.45, 7) is 4.02. The van der Waals surface area contributed by atoms with E-state index in [0.717, 1.165) is 22.2 Å². The van der Waals surface area contributed by atoms with Gasteiger partial charge in [-0.15, -0.1) is 0 Å². The molecule has 3 aromatic heterocycles. The van der Waals surface area contributed by atoms with Gasteiger partial charge in [-0.25, -0.2) is 18.7 Å². The van der Waals surface area contributed by atoms with Crippen molar-refractivity contribution in [1.29, 1.82) is 0 Å². The van der Waals surface area contributed by atoms with E-state index in [2.05, 4.69) is 5.10 Å². The molecule has 0 aliphatic carbocycles. The van der Waals surface area contributed by atoms with E-state index in [0.29, 0.717) is 33.6 Å². The van der Waals surface area contributed by atoms with Crippen molar-refractivity contribution in [3.63, 3.8) is 0 Å². The average Bonchev–Trinajstić information content (AvgIpc) is 3.28. The lowest BCUT2D eigenvalue weighted by Crippen LogP contribution is -2.07. The third-order valence-corrected chi connectivity index (χ3v) is 6.12. The van der Waals surface area contributed by atoms with Crippen LogP contribution in [0.5, 0.6) is 0 Å². The largest absolute Gasteiger partial charge is 0.422 e. The summed E-state index contributed by atoms with van der Waals surface area (Å²) in [5.41, 5.74) is 6.78. The van der Waals surface area contributed by atoms with Gasteiger partial charge in [-0.1, -0.05) is 53.6 Å².